The number of aliphatic hydroxyl groups excluding tert-OH is 1. The molecular weight excluding hydrogens is 188 g/mol. The number of nitrogens with one attached hydrogen (secondary N) is 1. The topological polar surface area (TPSA) is 56.0 Å². The van der Waals surface area contributed by atoms with Crippen molar-refractivity contribution in [3.8, 4) is 6.07 Å². The third kappa shape index (κ3) is 7.35. The Bertz CT molecular complexity index is 173. The van der Waals surface area contributed by atoms with E-state index in [0.29, 0.717) is 18.9 Å². The van der Waals surface area contributed by atoms with E-state index in [1.54, 1.807) is 0 Å². The molecule has 0 spiro atoms. The molecule has 0 bridgehead atoms. The molecule has 0 heterocycles. The van der Waals surface area contributed by atoms with Gasteiger partial charge in [-0.05, 0) is 25.3 Å². The minimum Gasteiger partial charge on any atom is -0.392 e. The van der Waals surface area contributed by atoms with Gasteiger partial charge in [-0.25, -0.2) is 0 Å². The molecule has 15 heavy (non-hydrogen) atoms. The van der Waals surface area contributed by atoms with Crippen molar-refractivity contribution in [3.63, 3.8) is 0 Å². The quantitative estimate of drug-likeness (QED) is 0.575. The molecule has 0 aromatic rings. The van der Waals surface area contributed by atoms with Crippen LogP contribution in [0.1, 0.15) is 46.0 Å². The molecule has 0 amide bonds. The third-order valence-corrected chi connectivity index (χ3v) is 2.84. The first kappa shape index (κ1) is 14.4. The minimum atomic E-state index is -0.226. The van der Waals surface area contributed by atoms with E-state index in [4.69, 9.17) is 5.26 Å². The van der Waals surface area contributed by atoms with Gasteiger partial charge in [0.15, 0.2) is 0 Å². The molecule has 1 atom stereocenters. The second kappa shape index (κ2) is 9.95. The average molecular weight is 212 g/mol. The van der Waals surface area contributed by atoms with E-state index in [-0.39, 0.29) is 6.10 Å². The van der Waals surface area contributed by atoms with Crippen LogP contribution in [0.4, 0.5) is 0 Å². The fourth-order valence-corrected chi connectivity index (χ4v) is 1.70. The SMILES string of the molecule is CCC(CC)C(O)CNCCCCC#N. The molecule has 3 nitrogen and oxygen atoms in total. The second-order valence-corrected chi connectivity index (χ2v) is 3.96. The van der Waals surface area contributed by atoms with Gasteiger partial charge in [0.1, 0.15) is 0 Å². The Morgan fingerprint density at radius 1 is 1.27 bits per heavy atom. The maximum absolute atomic E-state index is 9.80. The zero-order valence-electron chi connectivity index (χ0n) is 10.00. The van der Waals surface area contributed by atoms with Crippen molar-refractivity contribution in [3.05, 3.63) is 0 Å². The Kier molecular flexibility index (Phi) is 9.55. The monoisotopic (exact) mass is 212 g/mol. The van der Waals surface area contributed by atoms with Crippen LogP contribution in [-0.2, 0) is 0 Å². The summed E-state index contributed by atoms with van der Waals surface area (Å²) in [6, 6.07) is 2.13. The van der Waals surface area contributed by atoms with Crippen LogP contribution in [0.25, 0.3) is 0 Å². The number of rotatable bonds is 9. The van der Waals surface area contributed by atoms with Crippen molar-refractivity contribution >= 4 is 0 Å². The maximum atomic E-state index is 9.80. The zero-order chi connectivity index (χ0) is 11.5. The summed E-state index contributed by atoms with van der Waals surface area (Å²) in [5.74, 6) is 0.414. The first-order valence-electron chi connectivity index (χ1n) is 6.01. The second-order valence-electron chi connectivity index (χ2n) is 3.96. The van der Waals surface area contributed by atoms with Crippen LogP contribution < -0.4 is 5.32 Å². The lowest BCUT2D eigenvalue weighted by Crippen LogP contribution is -2.33. The smallest absolute Gasteiger partial charge is 0.0692 e. The van der Waals surface area contributed by atoms with Crippen LogP contribution >= 0.6 is 0 Å². The van der Waals surface area contributed by atoms with Crippen LogP contribution in [0.2, 0.25) is 0 Å². The third-order valence-electron chi connectivity index (χ3n) is 2.84. The molecule has 0 fully saturated rings. The van der Waals surface area contributed by atoms with E-state index in [0.717, 1.165) is 32.2 Å². The number of hydrogen-bond acceptors (Lipinski definition) is 3. The molecule has 3 heteroatoms. The Morgan fingerprint density at radius 2 is 1.93 bits per heavy atom. The molecule has 0 aromatic carbocycles. The summed E-state index contributed by atoms with van der Waals surface area (Å²) < 4.78 is 0. The van der Waals surface area contributed by atoms with E-state index in [2.05, 4.69) is 25.2 Å². The summed E-state index contributed by atoms with van der Waals surface area (Å²) in [7, 11) is 0. The van der Waals surface area contributed by atoms with Gasteiger partial charge in [0.2, 0.25) is 0 Å². The van der Waals surface area contributed by atoms with Gasteiger partial charge in [-0.1, -0.05) is 26.7 Å². The molecule has 0 aliphatic carbocycles. The van der Waals surface area contributed by atoms with Gasteiger partial charge in [0, 0.05) is 13.0 Å². The van der Waals surface area contributed by atoms with Gasteiger partial charge in [0.05, 0.1) is 12.2 Å². The summed E-state index contributed by atoms with van der Waals surface area (Å²) in [5, 5.41) is 21.4. The number of hydrogen-bond donors (Lipinski definition) is 2. The predicted octanol–water partition coefficient (Wildman–Crippen LogP) is 2.07. The van der Waals surface area contributed by atoms with Gasteiger partial charge in [-0.15, -0.1) is 0 Å². The van der Waals surface area contributed by atoms with Crippen LogP contribution in [-0.4, -0.2) is 24.3 Å². The molecule has 0 aromatic heterocycles. The molecule has 0 saturated heterocycles. The fourth-order valence-electron chi connectivity index (χ4n) is 1.70. The standard InChI is InChI=1S/C12H24N2O/c1-3-11(4-2)12(15)10-14-9-7-5-6-8-13/h11-12,14-15H,3-7,9-10H2,1-2H3. The molecule has 0 radical (unpaired) electrons. The van der Waals surface area contributed by atoms with Crippen molar-refractivity contribution in [1.29, 1.82) is 5.26 Å². The van der Waals surface area contributed by atoms with Gasteiger partial charge in [-0.3, -0.25) is 0 Å². The molecule has 2 N–H and O–H groups in total. The summed E-state index contributed by atoms with van der Waals surface area (Å²) in [6.07, 6.45) is 4.45. The lowest BCUT2D eigenvalue weighted by atomic mass is 9.96. The number of unbranched alkanes of at least 4 members (excludes halogenated alkanes) is 2. The minimum absolute atomic E-state index is 0.226. The Hall–Kier alpha value is -0.590. The van der Waals surface area contributed by atoms with E-state index in [1.807, 2.05) is 0 Å². The molecule has 0 aliphatic rings. The largest absolute Gasteiger partial charge is 0.392 e. The van der Waals surface area contributed by atoms with Crippen LogP contribution in [0.15, 0.2) is 0 Å². The Morgan fingerprint density at radius 3 is 2.47 bits per heavy atom. The van der Waals surface area contributed by atoms with Crippen molar-refractivity contribution in [2.45, 2.75) is 52.1 Å². The van der Waals surface area contributed by atoms with Crippen LogP contribution in [0.3, 0.4) is 0 Å². The first-order chi connectivity index (χ1) is 7.26. The van der Waals surface area contributed by atoms with E-state index >= 15 is 0 Å². The van der Waals surface area contributed by atoms with Crippen LogP contribution in [0, 0.1) is 17.2 Å². The normalized spacial score (nSPS) is 12.7. The highest BCUT2D eigenvalue weighted by Crippen LogP contribution is 2.12. The maximum Gasteiger partial charge on any atom is 0.0692 e. The van der Waals surface area contributed by atoms with Gasteiger partial charge < -0.3 is 10.4 Å². The summed E-state index contributed by atoms with van der Waals surface area (Å²) in [4.78, 5) is 0. The van der Waals surface area contributed by atoms with Gasteiger partial charge in [-0.2, -0.15) is 5.26 Å². The van der Waals surface area contributed by atoms with Crippen molar-refractivity contribution in [1.82, 2.24) is 5.32 Å². The number of nitrogens with zero attached hydrogens (tertiary/aromatic N) is 1. The predicted molar refractivity (Wildman–Crippen MR) is 62.4 cm³/mol. The Balaban J connectivity index is 3.38. The van der Waals surface area contributed by atoms with Crippen molar-refractivity contribution < 1.29 is 5.11 Å². The van der Waals surface area contributed by atoms with Crippen molar-refractivity contribution in [2.75, 3.05) is 13.1 Å². The summed E-state index contributed by atoms with van der Waals surface area (Å²) >= 11 is 0. The number of aliphatic hydroxyl groups is 1. The van der Waals surface area contributed by atoms with E-state index < -0.39 is 0 Å². The lowest BCUT2D eigenvalue weighted by Gasteiger charge is -2.20. The summed E-state index contributed by atoms with van der Waals surface area (Å²) in [6.45, 7) is 5.81. The lowest BCUT2D eigenvalue weighted by molar-refractivity contribution is 0.102. The Labute approximate surface area is 93.5 Å². The highest BCUT2D eigenvalue weighted by Gasteiger charge is 2.14. The van der Waals surface area contributed by atoms with Gasteiger partial charge in [0.25, 0.3) is 0 Å². The molecule has 1 unspecified atom stereocenters. The first-order valence-corrected chi connectivity index (χ1v) is 6.01. The molecule has 0 aliphatic heterocycles. The van der Waals surface area contributed by atoms with Gasteiger partial charge >= 0.3 is 0 Å². The average Bonchev–Trinajstić information content (AvgIpc) is 2.25. The molecule has 0 saturated carbocycles. The summed E-state index contributed by atoms with van der Waals surface area (Å²) in [5.41, 5.74) is 0. The van der Waals surface area contributed by atoms with Crippen molar-refractivity contribution in [2.24, 2.45) is 5.92 Å². The number of nitriles is 1. The fraction of sp³-hybridized carbons (Fsp3) is 0.917. The van der Waals surface area contributed by atoms with E-state index in [9.17, 15) is 5.11 Å². The molecular formula is C12H24N2O. The highest BCUT2D eigenvalue weighted by atomic mass is 16.3. The molecule has 0 rings (SSSR count). The van der Waals surface area contributed by atoms with E-state index in [1.165, 1.54) is 0 Å². The molecule has 88 valence electrons. The highest BCUT2D eigenvalue weighted by molar-refractivity contribution is 4.70. The van der Waals surface area contributed by atoms with Crippen LogP contribution in [0.5, 0.6) is 0 Å². The zero-order valence-corrected chi connectivity index (χ0v) is 10.00.